The van der Waals surface area contributed by atoms with Crippen LogP contribution in [0.2, 0.25) is 0 Å². The van der Waals surface area contributed by atoms with Crippen LogP contribution in [0.15, 0.2) is 41.0 Å². The van der Waals surface area contributed by atoms with E-state index in [2.05, 4.69) is 39.4 Å². The van der Waals surface area contributed by atoms with Crippen LogP contribution in [0.1, 0.15) is 27.2 Å². The van der Waals surface area contributed by atoms with E-state index in [1.54, 1.807) is 23.1 Å². The number of aryl methyl sites for hydroxylation is 4. The third-order valence-corrected chi connectivity index (χ3v) is 5.96. The second kappa shape index (κ2) is 6.77. The number of furan rings is 1. The molecule has 7 nitrogen and oxygen atoms in total. The van der Waals surface area contributed by atoms with Crippen LogP contribution < -0.4 is 5.32 Å². The van der Waals surface area contributed by atoms with Gasteiger partial charge in [-0.25, -0.2) is 9.97 Å². The molecule has 0 unspecified atom stereocenters. The van der Waals surface area contributed by atoms with Gasteiger partial charge < -0.3 is 4.42 Å². The van der Waals surface area contributed by atoms with Crippen molar-refractivity contribution in [2.24, 2.45) is 7.05 Å². The molecule has 0 aliphatic rings. The molecular weight excluding hydrogens is 398 g/mol. The van der Waals surface area contributed by atoms with Crippen molar-refractivity contribution in [3.8, 4) is 11.5 Å². The van der Waals surface area contributed by atoms with Gasteiger partial charge in [-0.15, -0.1) is 0 Å². The van der Waals surface area contributed by atoms with E-state index in [1.807, 2.05) is 27.0 Å². The van der Waals surface area contributed by atoms with Crippen molar-refractivity contribution < 1.29 is 9.21 Å². The number of carbonyl (C=O) groups excluding carboxylic acids is 1. The van der Waals surface area contributed by atoms with E-state index in [0.717, 1.165) is 26.9 Å². The number of thiazole rings is 1. The normalized spacial score (nSPS) is 11.5. The monoisotopic (exact) mass is 417 g/mol. The van der Waals surface area contributed by atoms with Crippen molar-refractivity contribution >= 4 is 43.6 Å². The first kappa shape index (κ1) is 18.5. The van der Waals surface area contributed by atoms with Crippen LogP contribution in [-0.2, 0) is 7.05 Å². The predicted octanol–water partition coefficient (Wildman–Crippen LogP) is 5.02. The number of hydrogen-bond donors (Lipinski definition) is 1. The summed E-state index contributed by atoms with van der Waals surface area (Å²) in [4.78, 5) is 22.6. The highest BCUT2D eigenvalue weighted by molar-refractivity contribution is 7.22. The van der Waals surface area contributed by atoms with Crippen LogP contribution in [0.5, 0.6) is 0 Å². The summed E-state index contributed by atoms with van der Waals surface area (Å²) in [7, 11) is 1.81. The summed E-state index contributed by atoms with van der Waals surface area (Å²) in [5.41, 5.74) is 5.62. The summed E-state index contributed by atoms with van der Waals surface area (Å²) >= 11 is 1.47. The molecule has 8 heteroatoms. The van der Waals surface area contributed by atoms with Crippen molar-refractivity contribution in [1.29, 1.82) is 0 Å². The average Bonchev–Trinajstić information content (AvgIpc) is 3.41. The molecule has 0 saturated carbocycles. The van der Waals surface area contributed by atoms with E-state index >= 15 is 0 Å². The number of hydrogen-bond acceptors (Lipinski definition) is 6. The molecule has 0 saturated heterocycles. The van der Waals surface area contributed by atoms with Gasteiger partial charge in [0.15, 0.2) is 16.5 Å². The number of carbonyl (C=O) groups is 1. The molecule has 5 aromatic rings. The van der Waals surface area contributed by atoms with Gasteiger partial charge in [0.2, 0.25) is 0 Å². The molecule has 1 N–H and O–H groups in total. The third kappa shape index (κ3) is 2.96. The van der Waals surface area contributed by atoms with Gasteiger partial charge in [0.05, 0.1) is 33.1 Å². The smallest absolute Gasteiger partial charge is 0.258 e. The zero-order valence-corrected chi connectivity index (χ0v) is 17.8. The van der Waals surface area contributed by atoms with Gasteiger partial charge in [0.1, 0.15) is 5.69 Å². The number of nitrogens with zero attached hydrogens (tertiary/aromatic N) is 4. The minimum Gasteiger partial charge on any atom is -0.463 e. The van der Waals surface area contributed by atoms with Crippen molar-refractivity contribution in [2.45, 2.75) is 20.8 Å². The lowest BCUT2D eigenvalue weighted by atomic mass is 10.1. The van der Waals surface area contributed by atoms with Gasteiger partial charge in [-0.05, 0) is 56.2 Å². The molecule has 0 atom stereocenters. The number of anilines is 1. The Morgan fingerprint density at radius 3 is 2.77 bits per heavy atom. The molecule has 4 heterocycles. The predicted molar refractivity (Wildman–Crippen MR) is 118 cm³/mol. The molecule has 150 valence electrons. The lowest BCUT2D eigenvalue weighted by molar-refractivity contribution is 0.102. The summed E-state index contributed by atoms with van der Waals surface area (Å²) in [6, 6.07) is 9.53. The van der Waals surface area contributed by atoms with Gasteiger partial charge in [-0.2, -0.15) is 5.10 Å². The highest BCUT2D eigenvalue weighted by Crippen LogP contribution is 2.31. The van der Waals surface area contributed by atoms with Crippen LogP contribution in [0, 0.1) is 20.8 Å². The summed E-state index contributed by atoms with van der Waals surface area (Å²) in [6.07, 6.45) is 1.58. The van der Waals surface area contributed by atoms with Gasteiger partial charge in [0.25, 0.3) is 5.91 Å². The van der Waals surface area contributed by atoms with Crippen molar-refractivity contribution in [3.63, 3.8) is 0 Å². The highest BCUT2D eigenvalue weighted by Gasteiger charge is 2.21. The van der Waals surface area contributed by atoms with E-state index in [0.29, 0.717) is 27.8 Å². The van der Waals surface area contributed by atoms with Crippen molar-refractivity contribution in [1.82, 2.24) is 19.7 Å². The molecule has 1 aromatic carbocycles. The zero-order valence-electron chi connectivity index (χ0n) is 17.0. The fourth-order valence-electron chi connectivity index (χ4n) is 3.76. The summed E-state index contributed by atoms with van der Waals surface area (Å²) in [5, 5.41) is 8.70. The molecule has 0 bridgehead atoms. The molecule has 5 rings (SSSR count). The fourth-order valence-corrected chi connectivity index (χ4v) is 4.80. The Balaban J connectivity index is 1.61. The largest absolute Gasteiger partial charge is 0.463 e. The van der Waals surface area contributed by atoms with Crippen LogP contribution >= 0.6 is 11.3 Å². The van der Waals surface area contributed by atoms with E-state index in [4.69, 9.17) is 4.42 Å². The Hall–Kier alpha value is -3.52. The summed E-state index contributed by atoms with van der Waals surface area (Å²) in [5.74, 6) is 0.343. The zero-order chi connectivity index (χ0) is 21.0. The Labute approximate surface area is 176 Å². The van der Waals surface area contributed by atoms with E-state index in [9.17, 15) is 4.79 Å². The van der Waals surface area contributed by atoms with Crippen LogP contribution in [0.4, 0.5) is 5.13 Å². The first-order valence-electron chi connectivity index (χ1n) is 9.48. The fraction of sp³-hybridized carbons (Fsp3) is 0.182. The maximum Gasteiger partial charge on any atom is 0.258 e. The quantitative estimate of drug-likeness (QED) is 0.446. The Bertz CT molecular complexity index is 1430. The number of rotatable bonds is 3. The number of amides is 1. The number of aromatic nitrogens is 4. The molecule has 0 aliphatic heterocycles. The number of fused-ring (bicyclic) bond motifs is 2. The number of pyridine rings is 1. The van der Waals surface area contributed by atoms with E-state index < -0.39 is 0 Å². The summed E-state index contributed by atoms with van der Waals surface area (Å²) in [6.45, 7) is 5.96. The van der Waals surface area contributed by atoms with Crippen molar-refractivity contribution in [3.05, 3.63) is 59.0 Å². The van der Waals surface area contributed by atoms with Gasteiger partial charge in [-0.3, -0.25) is 14.8 Å². The molecular formula is C22H19N5O2S. The lowest BCUT2D eigenvalue weighted by Crippen LogP contribution is -2.13. The molecule has 30 heavy (non-hydrogen) atoms. The molecule has 1 amide bonds. The molecule has 0 fully saturated rings. The first-order valence-corrected chi connectivity index (χ1v) is 10.3. The molecule has 4 aromatic heterocycles. The van der Waals surface area contributed by atoms with Gasteiger partial charge in [0, 0.05) is 7.05 Å². The minimum absolute atomic E-state index is 0.250. The standard InChI is InChI=1S/C22H19N5O2S/c1-11-8-12(2)19-17(9-11)30-22(24-19)25-21(28)14-10-15(16-6-5-7-29-16)23-20-18(14)13(3)26-27(20)4/h5-10H,1-4H3,(H,24,25,28). The second-order valence-electron chi connectivity index (χ2n) is 7.34. The number of benzene rings is 1. The highest BCUT2D eigenvalue weighted by atomic mass is 32.1. The molecule has 0 radical (unpaired) electrons. The minimum atomic E-state index is -0.250. The lowest BCUT2D eigenvalue weighted by Gasteiger charge is -2.06. The molecule has 0 spiro atoms. The Morgan fingerprint density at radius 2 is 2.00 bits per heavy atom. The van der Waals surface area contributed by atoms with Crippen LogP contribution in [0.3, 0.4) is 0 Å². The van der Waals surface area contributed by atoms with E-state index in [1.165, 1.54) is 16.9 Å². The van der Waals surface area contributed by atoms with Gasteiger partial charge >= 0.3 is 0 Å². The Morgan fingerprint density at radius 1 is 1.17 bits per heavy atom. The summed E-state index contributed by atoms with van der Waals surface area (Å²) < 4.78 is 8.23. The maximum absolute atomic E-state index is 13.3. The molecule has 0 aliphatic carbocycles. The first-order chi connectivity index (χ1) is 14.4. The number of nitrogens with one attached hydrogen (secondary N) is 1. The van der Waals surface area contributed by atoms with Gasteiger partial charge in [-0.1, -0.05) is 17.4 Å². The van der Waals surface area contributed by atoms with Crippen molar-refractivity contribution in [2.75, 3.05) is 5.32 Å². The van der Waals surface area contributed by atoms with Crippen LogP contribution in [-0.4, -0.2) is 25.7 Å². The van der Waals surface area contributed by atoms with Crippen LogP contribution in [0.25, 0.3) is 32.7 Å². The topological polar surface area (TPSA) is 85.8 Å². The SMILES string of the molecule is Cc1cc(C)c2nc(NC(=O)c3cc(-c4ccco4)nc4c3c(C)nn4C)sc2c1. The maximum atomic E-state index is 13.3. The van der Waals surface area contributed by atoms with E-state index in [-0.39, 0.29) is 5.91 Å². The Kier molecular flexibility index (Phi) is 4.18. The second-order valence-corrected chi connectivity index (χ2v) is 8.37. The average molecular weight is 417 g/mol. The third-order valence-electron chi connectivity index (χ3n) is 5.04.